The maximum Gasteiger partial charge on any atom is 0.224 e. The highest BCUT2D eigenvalue weighted by Crippen LogP contribution is 2.32. The lowest BCUT2D eigenvalue weighted by Crippen LogP contribution is -2.13. The summed E-state index contributed by atoms with van der Waals surface area (Å²) in [7, 11) is 3.23. The van der Waals surface area contributed by atoms with Crippen LogP contribution in [0, 0.1) is 0 Å². The average Bonchev–Trinajstić information content (AvgIpc) is 3.15. The van der Waals surface area contributed by atoms with Gasteiger partial charge < -0.3 is 14.8 Å². The molecular weight excluding hydrogens is 348 g/mol. The number of carbonyl (C=O) groups excluding carboxylic acids is 1. The predicted molar refractivity (Wildman–Crippen MR) is 104 cm³/mol. The van der Waals surface area contributed by atoms with E-state index in [1.807, 2.05) is 53.9 Å². The van der Waals surface area contributed by atoms with Crippen LogP contribution >= 0.6 is 11.3 Å². The van der Waals surface area contributed by atoms with E-state index in [1.54, 1.807) is 25.6 Å². The number of aryl methyl sites for hydroxylation is 1. The Kier molecular flexibility index (Phi) is 5.86. The number of methoxy groups -OCH3 is 2. The van der Waals surface area contributed by atoms with Crippen LogP contribution in [0.2, 0.25) is 0 Å². The number of thiazole rings is 1. The third-order valence-corrected chi connectivity index (χ3v) is 4.80. The van der Waals surface area contributed by atoms with Gasteiger partial charge in [0.15, 0.2) is 0 Å². The lowest BCUT2D eigenvalue weighted by atomic mass is 10.2. The van der Waals surface area contributed by atoms with Crippen molar-refractivity contribution in [1.82, 2.24) is 4.98 Å². The van der Waals surface area contributed by atoms with Crippen LogP contribution in [0.4, 0.5) is 5.69 Å². The minimum atomic E-state index is -0.0682. The second-order valence-electron chi connectivity index (χ2n) is 5.59. The number of nitrogens with zero attached hydrogens (tertiary/aromatic N) is 1. The van der Waals surface area contributed by atoms with Gasteiger partial charge in [-0.2, -0.15) is 0 Å². The van der Waals surface area contributed by atoms with Gasteiger partial charge in [0.25, 0.3) is 0 Å². The molecule has 1 N–H and O–H groups in total. The molecule has 1 heterocycles. The van der Waals surface area contributed by atoms with Crippen molar-refractivity contribution >= 4 is 22.9 Å². The summed E-state index contributed by atoms with van der Waals surface area (Å²) in [5.74, 6) is 1.37. The number of carbonyl (C=O) groups is 1. The van der Waals surface area contributed by atoms with E-state index in [0.717, 1.165) is 22.0 Å². The fourth-order valence-corrected chi connectivity index (χ4v) is 3.45. The molecule has 0 aliphatic heterocycles. The highest BCUT2D eigenvalue weighted by Gasteiger charge is 2.12. The minimum absolute atomic E-state index is 0.0682. The fraction of sp³-hybridized carbons (Fsp3) is 0.200. The number of anilines is 1. The highest BCUT2D eigenvalue weighted by molar-refractivity contribution is 7.13. The number of para-hydroxylation sites is 3. The Bertz CT molecular complexity index is 892. The number of hydrogen-bond acceptors (Lipinski definition) is 5. The van der Waals surface area contributed by atoms with Crippen LogP contribution in [0.1, 0.15) is 12.1 Å². The van der Waals surface area contributed by atoms with E-state index >= 15 is 0 Å². The number of benzene rings is 2. The van der Waals surface area contributed by atoms with Gasteiger partial charge in [0.2, 0.25) is 5.91 Å². The molecule has 0 fully saturated rings. The van der Waals surface area contributed by atoms with Crippen LogP contribution < -0.4 is 14.8 Å². The summed E-state index contributed by atoms with van der Waals surface area (Å²) in [5, 5.41) is 5.76. The Morgan fingerprint density at radius 3 is 2.50 bits per heavy atom. The van der Waals surface area contributed by atoms with E-state index in [0.29, 0.717) is 24.3 Å². The Balaban J connectivity index is 1.62. The minimum Gasteiger partial charge on any atom is -0.496 e. The van der Waals surface area contributed by atoms with E-state index in [2.05, 4.69) is 10.3 Å². The van der Waals surface area contributed by atoms with Crippen molar-refractivity contribution in [3.63, 3.8) is 0 Å². The smallest absolute Gasteiger partial charge is 0.224 e. The van der Waals surface area contributed by atoms with E-state index < -0.39 is 0 Å². The maximum absolute atomic E-state index is 12.2. The monoisotopic (exact) mass is 368 g/mol. The molecule has 0 aliphatic carbocycles. The summed E-state index contributed by atoms with van der Waals surface area (Å²) in [4.78, 5) is 16.9. The normalized spacial score (nSPS) is 10.4. The summed E-state index contributed by atoms with van der Waals surface area (Å²) in [5.41, 5.74) is 2.53. The fourth-order valence-electron chi connectivity index (χ4n) is 2.57. The molecule has 26 heavy (non-hydrogen) atoms. The van der Waals surface area contributed by atoms with Gasteiger partial charge in [0.1, 0.15) is 16.5 Å². The molecule has 3 aromatic rings. The van der Waals surface area contributed by atoms with Gasteiger partial charge in [-0.25, -0.2) is 4.98 Å². The first-order chi connectivity index (χ1) is 12.7. The van der Waals surface area contributed by atoms with E-state index in [9.17, 15) is 4.79 Å². The lowest BCUT2D eigenvalue weighted by molar-refractivity contribution is -0.116. The molecule has 6 heteroatoms. The molecule has 1 aromatic heterocycles. The topological polar surface area (TPSA) is 60.5 Å². The standard InChI is InChI=1S/C20H20N2O3S/c1-24-17-9-5-3-7-15(17)20-21-14(13-26-20)11-12-19(23)22-16-8-4-6-10-18(16)25-2/h3-10,13H,11-12H2,1-2H3,(H,22,23). The van der Waals surface area contributed by atoms with Gasteiger partial charge in [-0.3, -0.25) is 4.79 Å². The molecule has 0 atom stereocenters. The average molecular weight is 368 g/mol. The molecule has 1 amide bonds. The number of rotatable bonds is 7. The van der Waals surface area contributed by atoms with Crippen molar-refractivity contribution in [3.05, 3.63) is 59.6 Å². The quantitative estimate of drug-likeness (QED) is 0.671. The Morgan fingerprint density at radius 1 is 1.04 bits per heavy atom. The summed E-state index contributed by atoms with van der Waals surface area (Å²) < 4.78 is 10.6. The number of aromatic nitrogens is 1. The Labute approximate surface area is 156 Å². The summed E-state index contributed by atoms with van der Waals surface area (Å²) in [6, 6.07) is 15.1. The van der Waals surface area contributed by atoms with Crippen molar-refractivity contribution in [3.8, 4) is 22.1 Å². The SMILES string of the molecule is COc1ccccc1NC(=O)CCc1csc(-c2ccccc2OC)n1. The zero-order chi connectivity index (χ0) is 18.4. The van der Waals surface area contributed by atoms with Crippen molar-refractivity contribution in [2.75, 3.05) is 19.5 Å². The Morgan fingerprint density at radius 2 is 1.73 bits per heavy atom. The molecule has 134 valence electrons. The van der Waals surface area contributed by atoms with Gasteiger partial charge in [-0.05, 0) is 30.7 Å². The van der Waals surface area contributed by atoms with Crippen molar-refractivity contribution < 1.29 is 14.3 Å². The van der Waals surface area contributed by atoms with E-state index in [4.69, 9.17) is 9.47 Å². The third kappa shape index (κ3) is 4.21. The van der Waals surface area contributed by atoms with Crippen LogP contribution in [0.25, 0.3) is 10.6 Å². The molecular formula is C20H20N2O3S. The summed E-state index contributed by atoms with van der Waals surface area (Å²) in [6.07, 6.45) is 0.930. The van der Waals surface area contributed by atoms with Crippen LogP contribution in [0.5, 0.6) is 11.5 Å². The molecule has 0 unspecified atom stereocenters. The number of ether oxygens (including phenoxy) is 2. The molecule has 0 saturated carbocycles. The third-order valence-electron chi connectivity index (χ3n) is 3.88. The molecule has 2 aromatic carbocycles. The number of nitrogens with one attached hydrogen (secondary N) is 1. The van der Waals surface area contributed by atoms with Crippen LogP contribution in [0.3, 0.4) is 0 Å². The zero-order valence-electron chi connectivity index (χ0n) is 14.7. The molecule has 5 nitrogen and oxygen atoms in total. The van der Waals surface area contributed by atoms with E-state index in [1.165, 1.54) is 0 Å². The zero-order valence-corrected chi connectivity index (χ0v) is 15.5. The molecule has 0 aliphatic rings. The first kappa shape index (κ1) is 17.9. The van der Waals surface area contributed by atoms with Gasteiger partial charge in [-0.15, -0.1) is 11.3 Å². The van der Waals surface area contributed by atoms with Crippen molar-refractivity contribution in [1.29, 1.82) is 0 Å². The number of amides is 1. The van der Waals surface area contributed by atoms with Crippen LogP contribution in [-0.2, 0) is 11.2 Å². The summed E-state index contributed by atoms with van der Waals surface area (Å²) in [6.45, 7) is 0. The van der Waals surface area contributed by atoms with Gasteiger partial charge >= 0.3 is 0 Å². The molecule has 0 radical (unpaired) electrons. The van der Waals surface area contributed by atoms with Gasteiger partial charge in [0.05, 0.1) is 31.2 Å². The second kappa shape index (κ2) is 8.49. The van der Waals surface area contributed by atoms with Gasteiger partial charge in [0, 0.05) is 11.8 Å². The maximum atomic E-state index is 12.2. The molecule has 0 saturated heterocycles. The molecule has 0 spiro atoms. The first-order valence-corrected chi connectivity index (χ1v) is 9.10. The highest BCUT2D eigenvalue weighted by atomic mass is 32.1. The predicted octanol–water partition coefficient (Wildman–Crippen LogP) is 4.40. The van der Waals surface area contributed by atoms with Crippen LogP contribution in [-0.4, -0.2) is 25.1 Å². The first-order valence-electron chi connectivity index (χ1n) is 8.22. The van der Waals surface area contributed by atoms with Gasteiger partial charge in [-0.1, -0.05) is 24.3 Å². The van der Waals surface area contributed by atoms with Crippen LogP contribution in [0.15, 0.2) is 53.9 Å². The van der Waals surface area contributed by atoms with Crippen molar-refractivity contribution in [2.24, 2.45) is 0 Å². The van der Waals surface area contributed by atoms with Crippen molar-refractivity contribution in [2.45, 2.75) is 12.8 Å². The molecule has 3 rings (SSSR count). The second-order valence-corrected chi connectivity index (χ2v) is 6.45. The lowest BCUT2D eigenvalue weighted by Gasteiger charge is -2.09. The largest absolute Gasteiger partial charge is 0.496 e. The number of hydrogen-bond donors (Lipinski definition) is 1. The molecule has 0 bridgehead atoms. The van der Waals surface area contributed by atoms with E-state index in [-0.39, 0.29) is 5.91 Å². The summed E-state index contributed by atoms with van der Waals surface area (Å²) >= 11 is 1.55. The Hall–Kier alpha value is -2.86.